The molecule has 0 aliphatic rings. The summed E-state index contributed by atoms with van der Waals surface area (Å²) in [7, 11) is 0. The van der Waals surface area contributed by atoms with Crippen LogP contribution in [0.1, 0.15) is 0 Å². The first-order chi connectivity index (χ1) is 2.00. The molecule has 0 aliphatic carbocycles. The van der Waals surface area contributed by atoms with Gasteiger partial charge in [-0.15, -0.1) is 0 Å². The summed E-state index contributed by atoms with van der Waals surface area (Å²) in [4.78, 5) is 0. The molecule has 0 aliphatic heterocycles. The van der Waals surface area contributed by atoms with Gasteiger partial charge in [0.05, 0.1) is 0 Å². The predicted octanol–water partition coefficient (Wildman–Crippen LogP) is -4.89. The van der Waals surface area contributed by atoms with Crippen molar-refractivity contribution in [2.24, 2.45) is 0 Å². The van der Waals surface area contributed by atoms with Gasteiger partial charge < -0.3 is 5.48 Å². The average Bonchev–Trinajstić information content (AvgIpc) is 0.722. The van der Waals surface area contributed by atoms with Crippen LogP contribution in [-0.2, 0) is 20.1 Å². The van der Waals surface area contributed by atoms with Crippen LogP contribution >= 0.6 is 0 Å². The van der Waals surface area contributed by atoms with E-state index in [1.165, 1.54) is 0 Å². The maximum atomic E-state index is 8.64. The van der Waals surface area contributed by atoms with Crippen LogP contribution in [0.2, 0.25) is 0 Å². The summed E-state index contributed by atoms with van der Waals surface area (Å²) in [5.74, 6) is 0. The van der Waals surface area contributed by atoms with Crippen molar-refractivity contribution in [2.45, 2.75) is 0 Å². The SMILES string of the molecule is O.[Cu+3].[O]=[Sb]([O-])([O-])[O-]. The standard InChI is InChI=1S/Cu.H2O.4O.Sb/h;1H2;;;;;/q+3;;;3*-1;. The summed E-state index contributed by atoms with van der Waals surface area (Å²) >= 11 is -6.10. The molecular weight excluding hydrogens is 265 g/mol. The zero-order valence-electron chi connectivity index (χ0n) is 2.88. The fourth-order valence-corrected chi connectivity index (χ4v) is 0. The molecule has 0 aromatic carbocycles. The van der Waals surface area contributed by atoms with E-state index < -0.39 is 20.1 Å². The van der Waals surface area contributed by atoms with Gasteiger partial charge in [-0.1, -0.05) is 0 Å². The summed E-state index contributed by atoms with van der Waals surface area (Å²) < 4.78 is 34.6. The van der Waals surface area contributed by atoms with E-state index in [1.54, 1.807) is 0 Å². The molecule has 0 saturated heterocycles. The molecule has 7 heteroatoms. The Morgan fingerprint density at radius 1 is 1.14 bits per heavy atom. The second-order valence-corrected chi connectivity index (χ2v) is 3.00. The molecule has 5 nitrogen and oxygen atoms in total. The van der Waals surface area contributed by atoms with Crippen LogP contribution in [0.5, 0.6) is 0 Å². The molecule has 48 valence electrons. The van der Waals surface area contributed by atoms with Crippen LogP contribution in [0.4, 0.5) is 0 Å². The Morgan fingerprint density at radius 2 is 1.14 bits per heavy atom. The summed E-state index contributed by atoms with van der Waals surface area (Å²) in [6.07, 6.45) is 0. The Morgan fingerprint density at radius 3 is 1.14 bits per heavy atom. The third-order valence-corrected chi connectivity index (χ3v) is 0. The van der Waals surface area contributed by atoms with Crippen LogP contribution < -0.4 is 10.2 Å². The van der Waals surface area contributed by atoms with Gasteiger partial charge in [-0.2, -0.15) is 0 Å². The molecule has 0 amide bonds. The molecular formula is H2CuO5Sb. The Balaban J connectivity index is -0.0000000800. The second-order valence-electron chi connectivity index (χ2n) is 0.447. The fourth-order valence-electron chi connectivity index (χ4n) is 0. The summed E-state index contributed by atoms with van der Waals surface area (Å²) in [6, 6.07) is 0. The molecule has 0 unspecified atom stereocenters. The van der Waals surface area contributed by atoms with E-state index in [0.29, 0.717) is 0 Å². The van der Waals surface area contributed by atoms with Crippen LogP contribution in [0.15, 0.2) is 0 Å². The van der Waals surface area contributed by atoms with Gasteiger partial charge in [0, 0.05) is 0 Å². The van der Waals surface area contributed by atoms with Crippen molar-refractivity contribution in [1.29, 1.82) is 0 Å². The van der Waals surface area contributed by atoms with Gasteiger partial charge in [0.1, 0.15) is 0 Å². The monoisotopic (exact) mass is 266 g/mol. The van der Waals surface area contributed by atoms with Crippen LogP contribution in [0.3, 0.4) is 0 Å². The third kappa shape index (κ3) is 181. The number of rotatable bonds is 0. The van der Waals surface area contributed by atoms with Gasteiger partial charge in [-0.05, 0) is 0 Å². The maximum absolute atomic E-state index is 8.64. The molecule has 0 heterocycles. The van der Waals surface area contributed by atoms with E-state index in [4.69, 9.17) is 13.2 Å². The van der Waals surface area contributed by atoms with E-state index in [2.05, 4.69) is 0 Å². The first-order valence-corrected chi connectivity index (χ1v) is 4.90. The Bertz CT molecular complexity index is 54.2. The Labute approximate surface area is 55.8 Å². The van der Waals surface area contributed by atoms with Gasteiger partial charge in [-0.3, -0.25) is 0 Å². The van der Waals surface area contributed by atoms with Gasteiger partial charge in [0.25, 0.3) is 0 Å². The fraction of sp³-hybridized carbons (Fsp3) is 0. The van der Waals surface area contributed by atoms with Crippen molar-refractivity contribution in [3.63, 3.8) is 0 Å². The number of hydrogen-bond acceptors (Lipinski definition) is 4. The minimum atomic E-state index is -6.10. The van der Waals surface area contributed by atoms with Gasteiger partial charge in [0.15, 0.2) is 0 Å². The topological polar surface area (TPSA) is 118 Å². The molecule has 0 spiro atoms. The van der Waals surface area contributed by atoms with Gasteiger partial charge in [-0.25, -0.2) is 0 Å². The van der Waals surface area contributed by atoms with Crippen LogP contribution in [-0.4, -0.2) is 25.5 Å². The van der Waals surface area contributed by atoms with Crippen LogP contribution in [0.25, 0.3) is 0 Å². The summed E-state index contributed by atoms with van der Waals surface area (Å²) in [5.41, 5.74) is 0. The average molecular weight is 267 g/mol. The minimum absolute atomic E-state index is 0. The molecule has 2 N–H and O–H groups in total. The van der Waals surface area contributed by atoms with Crippen molar-refractivity contribution < 1.29 is 35.7 Å². The molecule has 0 bridgehead atoms. The second kappa shape index (κ2) is 5.12. The van der Waals surface area contributed by atoms with E-state index in [0.717, 1.165) is 0 Å². The van der Waals surface area contributed by atoms with Crippen molar-refractivity contribution >= 4 is 20.1 Å². The summed E-state index contributed by atoms with van der Waals surface area (Å²) in [5, 5.41) is 0. The molecule has 0 aromatic heterocycles. The Kier molecular flexibility index (Phi) is 11.5. The first-order valence-electron chi connectivity index (χ1n) is 0.730. The molecule has 0 radical (unpaired) electrons. The zero-order chi connectivity index (χ0) is 4.50. The summed E-state index contributed by atoms with van der Waals surface area (Å²) in [6.45, 7) is 0. The normalized spacial score (nSPS) is 8.43. The van der Waals surface area contributed by atoms with E-state index in [1.807, 2.05) is 0 Å². The molecule has 7 heavy (non-hydrogen) atoms. The number of hydrogen-bond donors (Lipinski definition) is 0. The van der Waals surface area contributed by atoms with Crippen molar-refractivity contribution in [2.75, 3.05) is 0 Å². The first kappa shape index (κ1) is 15.7. The third-order valence-electron chi connectivity index (χ3n) is 0. The molecule has 0 atom stereocenters. The quantitative estimate of drug-likeness (QED) is 0.409. The Hall–Kier alpha value is 0.978. The van der Waals surface area contributed by atoms with Crippen molar-refractivity contribution in [3.05, 3.63) is 0 Å². The van der Waals surface area contributed by atoms with Gasteiger partial charge in [0.2, 0.25) is 0 Å². The zero-order valence-corrected chi connectivity index (χ0v) is 6.38. The van der Waals surface area contributed by atoms with Crippen LogP contribution in [0, 0.1) is 0 Å². The van der Waals surface area contributed by atoms with Gasteiger partial charge >= 0.3 is 50.3 Å². The molecule has 0 saturated carbocycles. The van der Waals surface area contributed by atoms with Crippen molar-refractivity contribution in [1.82, 2.24) is 0 Å². The van der Waals surface area contributed by atoms with E-state index in [9.17, 15) is 0 Å². The van der Waals surface area contributed by atoms with E-state index in [-0.39, 0.29) is 22.5 Å². The molecule has 0 aromatic rings. The van der Waals surface area contributed by atoms with E-state index >= 15 is 0 Å². The van der Waals surface area contributed by atoms with Crippen molar-refractivity contribution in [3.8, 4) is 0 Å². The predicted molar refractivity (Wildman–Crippen MR) is 10.1 cm³/mol. The molecule has 0 fully saturated rings. The molecule has 0 rings (SSSR count).